The van der Waals surface area contributed by atoms with Crippen molar-refractivity contribution >= 4 is 5.69 Å². The predicted molar refractivity (Wildman–Crippen MR) is 70.0 cm³/mol. The van der Waals surface area contributed by atoms with Crippen LogP contribution >= 0.6 is 0 Å². The number of unbranched alkanes of at least 4 members (excludes halogenated alkanes) is 1. The highest BCUT2D eigenvalue weighted by atomic mass is 16.6. The quantitative estimate of drug-likeness (QED) is 0.640. The van der Waals surface area contributed by atoms with Crippen LogP contribution in [0.1, 0.15) is 37.8 Å². The first-order valence-corrected chi connectivity index (χ1v) is 6.43. The van der Waals surface area contributed by atoms with Gasteiger partial charge in [-0.05, 0) is 18.9 Å². The van der Waals surface area contributed by atoms with Gasteiger partial charge in [0, 0.05) is 17.7 Å². The van der Waals surface area contributed by atoms with Crippen LogP contribution in [-0.4, -0.2) is 22.2 Å². The second-order valence-electron chi connectivity index (χ2n) is 4.79. The van der Waals surface area contributed by atoms with Crippen LogP contribution in [0.5, 0.6) is 5.75 Å². The molecular weight excluding hydrogens is 248 g/mol. The maximum absolute atomic E-state index is 10.7. The number of ether oxygens (including phenoxy) is 1. The fraction of sp³-hybridized carbons (Fsp3) is 0.538. The third-order valence-corrected chi connectivity index (χ3v) is 3.43. The van der Waals surface area contributed by atoms with Crippen molar-refractivity contribution in [3.8, 4) is 5.75 Å². The molecule has 6 heteroatoms. The Morgan fingerprint density at radius 3 is 2.89 bits per heavy atom. The largest absolute Gasteiger partial charge is 0.487 e. The number of non-ortho nitro benzene ring substituents is 1. The third-order valence-electron chi connectivity index (χ3n) is 3.43. The van der Waals surface area contributed by atoms with E-state index in [2.05, 4.69) is 6.92 Å². The van der Waals surface area contributed by atoms with Gasteiger partial charge >= 0.3 is 0 Å². The number of aliphatic hydroxyl groups excluding tert-OH is 1. The molecule has 0 fully saturated rings. The van der Waals surface area contributed by atoms with E-state index in [4.69, 9.17) is 10.5 Å². The summed E-state index contributed by atoms with van der Waals surface area (Å²) < 4.78 is 5.70. The minimum Gasteiger partial charge on any atom is -0.487 e. The summed E-state index contributed by atoms with van der Waals surface area (Å²) >= 11 is 0. The molecule has 0 radical (unpaired) electrons. The van der Waals surface area contributed by atoms with E-state index in [1.54, 1.807) is 6.07 Å². The van der Waals surface area contributed by atoms with Crippen molar-refractivity contribution in [2.24, 2.45) is 5.73 Å². The summed E-state index contributed by atoms with van der Waals surface area (Å²) in [6, 6.07) is 3.67. The molecule has 1 unspecified atom stereocenters. The normalized spacial score (nSPS) is 25.5. The highest BCUT2D eigenvalue weighted by Gasteiger charge is 2.35. The van der Waals surface area contributed by atoms with E-state index >= 15 is 0 Å². The zero-order valence-corrected chi connectivity index (χ0v) is 10.8. The average Bonchev–Trinajstić information content (AvgIpc) is 2.40. The summed E-state index contributed by atoms with van der Waals surface area (Å²) in [6.45, 7) is 2.06. The molecule has 19 heavy (non-hydrogen) atoms. The number of hydrogen-bond donors (Lipinski definition) is 2. The van der Waals surface area contributed by atoms with Crippen LogP contribution in [-0.2, 0) is 0 Å². The molecule has 1 aliphatic heterocycles. The maximum Gasteiger partial charge on any atom is 0.270 e. The highest BCUT2D eigenvalue weighted by Crippen LogP contribution is 2.37. The van der Waals surface area contributed by atoms with Crippen molar-refractivity contribution in [1.82, 2.24) is 0 Å². The summed E-state index contributed by atoms with van der Waals surface area (Å²) in [5, 5.41) is 20.9. The number of nitrogens with zero attached hydrogens (tertiary/aromatic N) is 1. The van der Waals surface area contributed by atoms with Crippen LogP contribution in [0.25, 0.3) is 0 Å². The standard InChI is InChI=1S/C13H18N2O4/c1-2-3-4-11-13(16)12(14)9-7-8(15(17)18)5-6-10(9)19-11/h5-7,11-13,16H,2-4,14H2,1H3/t11-,12?,13-/m0/s1. The van der Waals surface area contributed by atoms with Gasteiger partial charge in [-0.3, -0.25) is 10.1 Å². The summed E-state index contributed by atoms with van der Waals surface area (Å²) in [7, 11) is 0. The van der Waals surface area contributed by atoms with Gasteiger partial charge in [-0.1, -0.05) is 13.3 Å². The van der Waals surface area contributed by atoms with Crippen molar-refractivity contribution in [3.05, 3.63) is 33.9 Å². The van der Waals surface area contributed by atoms with E-state index in [-0.39, 0.29) is 11.8 Å². The summed E-state index contributed by atoms with van der Waals surface area (Å²) in [4.78, 5) is 10.3. The molecule has 0 saturated heterocycles. The zero-order valence-electron chi connectivity index (χ0n) is 10.8. The summed E-state index contributed by atoms with van der Waals surface area (Å²) in [6.07, 6.45) is 1.50. The lowest BCUT2D eigenvalue weighted by molar-refractivity contribution is -0.385. The molecule has 1 aromatic rings. The smallest absolute Gasteiger partial charge is 0.270 e. The lowest BCUT2D eigenvalue weighted by Crippen LogP contribution is -2.44. The topological polar surface area (TPSA) is 98.6 Å². The van der Waals surface area contributed by atoms with Crippen LogP contribution in [0.3, 0.4) is 0 Å². The Balaban J connectivity index is 2.27. The van der Waals surface area contributed by atoms with Crippen LogP contribution < -0.4 is 10.5 Å². The van der Waals surface area contributed by atoms with Gasteiger partial charge in [0.05, 0.1) is 11.0 Å². The Kier molecular flexibility index (Phi) is 4.01. The number of nitro benzene ring substituents is 1. The Morgan fingerprint density at radius 2 is 2.26 bits per heavy atom. The van der Waals surface area contributed by atoms with Crippen LogP contribution in [0.15, 0.2) is 18.2 Å². The molecule has 3 N–H and O–H groups in total. The third kappa shape index (κ3) is 2.69. The Hall–Kier alpha value is -1.66. The molecule has 0 amide bonds. The van der Waals surface area contributed by atoms with Crippen LogP contribution in [0.4, 0.5) is 5.69 Å². The first-order chi connectivity index (χ1) is 9.04. The first-order valence-electron chi connectivity index (χ1n) is 6.43. The molecule has 2 rings (SSSR count). The molecule has 3 atom stereocenters. The second-order valence-corrected chi connectivity index (χ2v) is 4.79. The van der Waals surface area contributed by atoms with Gasteiger partial charge in [-0.2, -0.15) is 0 Å². The fourth-order valence-corrected chi connectivity index (χ4v) is 2.30. The first kappa shape index (κ1) is 13.8. The number of benzene rings is 1. The van der Waals surface area contributed by atoms with E-state index < -0.39 is 17.1 Å². The summed E-state index contributed by atoms with van der Waals surface area (Å²) in [5.74, 6) is 0.532. The molecule has 1 aliphatic rings. The molecular formula is C13H18N2O4. The molecule has 1 aromatic carbocycles. The molecule has 0 aromatic heterocycles. The van der Waals surface area contributed by atoms with Crippen molar-refractivity contribution in [2.45, 2.75) is 44.4 Å². The SMILES string of the molecule is CCCC[C@@H]1Oc2ccc([N+](=O)[O-])cc2C(N)[C@H]1O. The lowest BCUT2D eigenvalue weighted by atomic mass is 9.92. The highest BCUT2D eigenvalue weighted by molar-refractivity contribution is 5.47. The van der Waals surface area contributed by atoms with Gasteiger partial charge in [0.1, 0.15) is 18.0 Å². The predicted octanol–water partition coefficient (Wildman–Crippen LogP) is 1.91. The van der Waals surface area contributed by atoms with E-state index in [1.807, 2.05) is 0 Å². The zero-order chi connectivity index (χ0) is 14.0. The van der Waals surface area contributed by atoms with E-state index in [0.29, 0.717) is 11.3 Å². The molecule has 0 aliphatic carbocycles. The Labute approximate surface area is 111 Å². The fourth-order valence-electron chi connectivity index (χ4n) is 2.30. The van der Waals surface area contributed by atoms with Crippen molar-refractivity contribution in [1.29, 1.82) is 0 Å². The van der Waals surface area contributed by atoms with Crippen LogP contribution in [0, 0.1) is 10.1 Å². The summed E-state index contributed by atoms with van der Waals surface area (Å²) in [5.41, 5.74) is 6.42. The van der Waals surface area contributed by atoms with E-state index in [1.165, 1.54) is 12.1 Å². The molecule has 0 bridgehead atoms. The number of nitro groups is 1. The lowest BCUT2D eigenvalue weighted by Gasteiger charge is -2.34. The van der Waals surface area contributed by atoms with Crippen molar-refractivity contribution < 1.29 is 14.8 Å². The van der Waals surface area contributed by atoms with Crippen LogP contribution in [0.2, 0.25) is 0 Å². The number of nitrogens with two attached hydrogens (primary N) is 1. The van der Waals surface area contributed by atoms with E-state index in [0.717, 1.165) is 19.3 Å². The van der Waals surface area contributed by atoms with Crippen molar-refractivity contribution in [3.63, 3.8) is 0 Å². The van der Waals surface area contributed by atoms with E-state index in [9.17, 15) is 15.2 Å². The average molecular weight is 266 g/mol. The second kappa shape index (κ2) is 5.54. The molecule has 6 nitrogen and oxygen atoms in total. The van der Waals surface area contributed by atoms with Crippen molar-refractivity contribution in [2.75, 3.05) is 0 Å². The Bertz CT molecular complexity index is 478. The number of hydrogen-bond acceptors (Lipinski definition) is 5. The maximum atomic E-state index is 10.7. The number of aliphatic hydroxyl groups is 1. The molecule has 0 spiro atoms. The minimum absolute atomic E-state index is 0.0444. The molecule has 104 valence electrons. The minimum atomic E-state index is -0.832. The number of rotatable bonds is 4. The number of fused-ring (bicyclic) bond motifs is 1. The monoisotopic (exact) mass is 266 g/mol. The van der Waals surface area contributed by atoms with Gasteiger partial charge in [0.25, 0.3) is 5.69 Å². The van der Waals surface area contributed by atoms with Gasteiger partial charge in [0.2, 0.25) is 0 Å². The Morgan fingerprint density at radius 1 is 1.53 bits per heavy atom. The van der Waals surface area contributed by atoms with Gasteiger partial charge in [0.15, 0.2) is 0 Å². The molecule has 0 saturated carbocycles. The van der Waals surface area contributed by atoms with Gasteiger partial charge < -0.3 is 15.6 Å². The molecule has 1 heterocycles. The van der Waals surface area contributed by atoms with Gasteiger partial charge in [-0.25, -0.2) is 0 Å². The van der Waals surface area contributed by atoms with Gasteiger partial charge in [-0.15, -0.1) is 0 Å².